The highest BCUT2D eigenvalue weighted by atomic mass is 16.6. The molecule has 0 bridgehead atoms. The van der Waals surface area contributed by atoms with Crippen molar-refractivity contribution in [2.24, 2.45) is 34.5 Å². The minimum Gasteiger partial charge on any atom is -0.457 e. The highest BCUT2D eigenvalue weighted by Gasteiger charge is 2.69. The zero-order chi connectivity index (χ0) is 31.3. The van der Waals surface area contributed by atoms with Gasteiger partial charge in [0.05, 0.1) is 12.5 Å². The van der Waals surface area contributed by atoms with E-state index in [2.05, 4.69) is 11.9 Å². The van der Waals surface area contributed by atoms with E-state index in [0.29, 0.717) is 19.4 Å². The van der Waals surface area contributed by atoms with Crippen LogP contribution >= 0.6 is 0 Å². The van der Waals surface area contributed by atoms with E-state index in [4.69, 9.17) is 9.47 Å². The first-order valence-electron chi connectivity index (χ1n) is 16.6. The van der Waals surface area contributed by atoms with E-state index in [0.717, 1.165) is 62.8 Å². The topological polar surface area (TPSA) is 128 Å². The third-order valence-electron chi connectivity index (χ3n) is 12.3. The molecule has 4 fully saturated rings. The molecule has 2 N–H and O–H groups in total. The summed E-state index contributed by atoms with van der Waals surface area (Å²) in [7, 11) is 0. The second-order valence-electron chi connectivity index (χ2n) is 14.5. The van der Waals surface area contributed by atoms with Crippen LogP contribution in [0.4, 0.5) is 0 Å². The van der Waals surface area contributed by atoms with E-state index in [1.54, 1.807) is 24.5 Å². The lowest BCUT2D eigenvalue weighted by molar-refractivity contribution is -0.255. The van der Waals surface area contributed by atoms with Crippen LogP contribution in [-0.2, 0) is 30.4 Å². The number of allylic oxidation sites excluding steroid dienone is 4. The van der Waals surface area contributed by atoms with E-state index in [-0.39, 0.29) is 41.7 Å². The lowest BCUT2D eigenvalue weighted by Gasteiger charge is -2.60. The first-order valence-corrected chi connectivity index (χ1v) is 16.6. The number of esters is 1. The summed E-state index contributed by atoms with van der Waals surface area (Å²) in [6.07, 6.45) is 15.0. The maximum atomic E-state index is 14.4. The number of aliphatic hydroxyl groups excluding tert-OH is 2. The Labute approximate surface area is 260 Å². The molecule has 5 aliphatic rings. The van der Waals surface area contributed by atoms with Crippen molar-refractivity contribution in [1.29, 1.82) is 0 Å². The number of nitrogens with zero attached hydrogens (tertiary/aromatic N) is 2. The van der Waals surface area contributed by atoms with Crippen molar-refractivity contribution in [2.75, 3.05) is 6.61 Å². The number of carbonyl (C=O) groups excluding carboxylic acids is 3. The maximum absolute atomic E-state index is 14.4. The van der Waals surface area contributed by atoms with Gasteiger partial charge in [0.2, 0.25) is 5.78 Å². The number of Topliss-reactive ketones (excluding diaryl/α,β-unsaturated/α-hetero) is 1. The molecule has 6 rings (SSSR count). The predicted octanol–water partition coefficient (Wildman–Crippen LogP) is 4.63. The van der Waals surface area contributed by atoms with Gasteiger partial charge < -0.3 is 24.3 Å². The summed E-state index contributed by atoms with van der Waals surface area (Å²) < 4.78 is 14.1. The van der Waals surface area contributed by atoms with Crippen LogP contribution in [0.3, 0.4) is 0 Å². The van der Waals surface area contributed by atoms with Crippen molar-refractivity contribution in [3.63, 3.8) is 0 Å². The summed E-state index contributed by atoms with van der Waals surface area (Å²) in [6.45, 7) is 6.02. The van der Waals surface area contributed by atoms with E-state index in [1.165, 1.54) is 0 Å². The number of aliphatic hydroxyl groups is 2. The standard InChI is InChI=1S/C35H48N2O7/c1-22-36-16-18-37(22)17-13-30(41)43-21-29(40)35(44-32(42)23-7-5-4-6-8-23)15-12-27-26-10-9-24-19-25(38)11-14-33(24,2)31(26)28(39)20-34(27,35)3/h11,14,16,18-19,23,26-28,31-32,39,42H,4-10,12-13,15,17,20-21H2,1-3H3/t26-,27-,28-,31+,32+,33-,34-,35-/m0/s1. The summed E-state index contributed by atoms with van der Waals surface area (Å²) >= 11 is 0. The van der Waals surface area contributed by atoms with Gasteiger partial charge in [0.1, 0.15) is 11.4 Å². The van der Waals surface area contributed by atoms with Crippen molar-refractivity contribution >= 4 is 17.5 Å². The smallest absolute Gasteiger partial charge is 0.308 e. The number of aryl methyl sites for hydroxylation is 2. The molecule has 1 aromatic heterocycles. The minimum atomic E-state index is -1.38. The molecule has 0 saturated heterocycles. The van der Waals surface area contributed by atoms with Gasteiger partial charge in [0.25, 0.3) is 0 Å². The Kier molecular flexibility index (Phi) is 8.52. The van der Waals surface area contributed by atoms with E-state index >= 15 is 0 Å². The summed E-state index contributed by atoms with van der Waals surface area (Å²) in [6, 6.07) is 0. The Balaban J connectivity index is 1.25. The average Bonchev–Trinajstić information content (AvgIpc) is 3.55. The molecule has 0 spiro atoms. The normalized spacial score (nSPS) is 37.5. The first kappa shape index (κ1) is 31.4. The van der Waals surface area contributed by atoms with Crippen LogP contribution in [0.25, 0.3) is 0 Å². The van der Waals surface area contributed by atoms with Crippen LogP contribution in [-0.4, -0.2) is 61.9 Å². The molecular weight excluding hydrogens is 560 g/mol. The Morgan fingerprint density at radius 3 is 2.66 bits per heavy atom. The molecule has 1 aromatic rings. The fourth-order valence-corrected chi connectivity index (χ4v) is 9.94. The fourth-order valence-electron chi connectivity index (χ4n) is 9.94. The average molecular weight is 609 g/mol. The third kappa shape index (κ3) is 5.22. The number of imidazole rings is 1. The fraction of sp³-hybridized carbons (Fsp3) is 0.714. The molecule has 8 atom stereocenters. The van der Waals surface area contributed by atoms with Crippen molar-refractivity contribution in [3.05, 3.63) is 42.0 Å². The molecule has 1 heterocycles. The van der Waals surface area contributed by atoms with Gasteiger partial charge in [-0.25, -0.2) is 4.98 Å². The number of rotatable bonds is 9. The molecule has 240 valence electrons. The van der Waals surface area contributed by atoms with Gasteiger partial charge in [-0.3, -0.25) is 14.4 Å². The minimum absolute atomic E-state index is 0.00338. The summed E-state index contributed by atoms with van der Waals surface area (Å²) in [4.78, 5) is 43.5. The number of hydrogen-bond acceptors (Lipinski definition) is 8. The lowest BCUT2D eigenvalue weighted by atomic mass is 9.46. The largest absolute Gasteiger partial charge is 0.457 e. The van der Waals surface area contributed by atoms with Gasteiger partial charge in [0, 0.05) is 41.6 Å². The molecule has 9 heteroatoms. The molecular formula is C35H48N2O7. The number of hydrogen-bond donors (Lipinski definition) is 2. The van der Waals surface area contributed by atoms with Crippen LogP contribution in [0.1, 0.15) is 90.3 Å². The van der Waals surface area contributed by atoms with Gasteiger partial charge in [-0.15, -0.1) is 0 Å². The van der Waals surface area contributed by atoms with Gasteiger partial charge in [-0.1, -0.05) is 44.8 Å². The highest BCUT2D eigenvalue weighted by molar-refractivity contribution is 6.01. The summed E-state index contributed by atoms with van der Waals surface area (Å²) in [5.41, 5.74) is -1.47. The Hall–Kier alpha value is -2.62. The molecule has 0 unspecified atom stereocenters. The van der Waals surface area contributed by atoms with Crippen molar-refractivity contribution in [1.82, 2.24) is 9.55 Å². The molecule has 0 radical (unpaired) electrons. The number of fused-ring (bicyclic) bond motifs is 5. The summed E-state index contributed by atoms with van der Waals surface area (Å²) in [5, 5.41) is 23.4. The van der Waals surface area contributed by atoms with Crippen LogP contribution in [0.15, 0.2) is 36.2 Å². The lowest BCUT2D eigenvalue weighted by Crippen LogP contribution is -2.63. The van der Waals surface area contributed by atoms with Gasteiger partial charge >= 0.3 is 5.97 Å². The SMILES string of the molecule is Cc1nccn1CCC(=O)OCC(=O)[C@@]1(O[C@@H](O)C2CCCCC2)CC[C@H]2[C@@H]3CCC4=CC(=O)C=C[C@]4(C)[C@H]3[C@@H](O)C[C@@]21C. The molecule has 0 aromatic carbocycles. The Morgan fingerprint density at radius 2 is 1.93 bits per heavy atom. The molecule has 5 aliphatic carbocycles. The maximum Gasteiger partial charge on any atom is 0.308 e. The third-order valence-corrected chi connectivity index (χ3v) is 12.3. The second kappa shape index (κ2) is 12.0. The zero-order valence-corrected chi connectivity index (χ0v) is 26.4. The zero-order valence-electron chi connectivity index (χ0n) is 26.4. The van der Waals surface area contributed by atoms with Crippen LogP contribution in [0, 0.1) is 41.4 Å². The van der Waals surface area contributed by atoms with Crippen LogP contribution < -0.4 is 0 Å². The quantitative estimate of drug-likeness (QED) is 0.307. The Morgan fingerprint density at radius 1 is 1.16 bits per heavy atom. The number of ether oxygens (including phenoxy) is 2. The van der Waals surface area contributed by atoms with Gasteiger partial charge in [0.15, 0.2) is 18.7 Å². The molecule has 4 saturated carbocycles. The Bertz CT molecular complexity index is 1340. The number of aromatic nitrogens is 2. The van der Waals surface area contributed by atoms with Gasteiger partial charge in [-0.2, -0.15) is 0 Å². The number of carbonyl (C=O) groups is 3. The van der Waals surface area contributed by atoms with Gasteiger partial charge in [-0.05, 0) is 75.9 Å². The second-order valence-corrected chi connectivity index (χ2v) is 14.5. The van der Waals surface area contributed by atoms with Crippen molar-refractivity contribution < 1.29 is 34.1 Å². The molecule has 0 amide bonds. The van der Waals surface area contributed by atoms with Crippen LogP contribution in [0.5, 0.6) is 0 Å². The van der Waals surface area contributed by atoms with E-state index in [1.807, 2.05) is 24.5 Å². The molecule has 9 nitrogen and oxygen atoms in total. The van der Waals surface area contributed by atoms with Crippen molar-refractivity contribution in [2.45, 2.75) is 116 Å². The first-order chi connectivity index (χ1) is 21.0. The van der Waals surface area contributed by atoms with Crippen molar-refractivity contribution in [3.8, 4) is 0 Å². The van der Waals surface area contributed by atoms with Crippen LogP contribution in [0.2, 0.25) is 0 Å². The highest BCUT2D eigenvalue weighted by Crippen LogP contribution is 2.68. The van der Waals surface area contributed by atoms with E-state index in [9.17, 15) is 24.6 Å². The molecule has 0 aliphatic heterocycles. The monoisotopic (exact) mass is 608 g/mol. The van der Waals surface area contributed by atoms with E-state index < -0.39 is 41.4 Å². The predicted molar refractivity (Wildman–Crippen MR) is 162 cm³/mol. The molecule has 44 heavy (non-hydrogen) atoms. The number of ketones is 2. The summed E-state index contributed by atoms with van der Waals surface area (Å²) in [5.74, 6) is 0.0467.